The molecule has 0 spiro atoms. The highest BCUT2D eigenvalue weighted by Gasteiger charge is 2.22. The van der Waals surface area contributed by atoms with Crippen molar-refractivity contribution in [1.29, 1.82) is 0 Å². The van der Waals surface area contributed by atoms with Crippen LogP contribution in [-0.4, -0.2) is 11.1 Å². The van der Waals surface area contributed by atoms with Gasteiger partial charge in [0.25, 0.3) is 0 Å². The standard InChI is InChI=1S/C12H16O2/c1-8-6-5-7-9(12(2,3)4)10(8)11(13)14/h5-7H,1-4H3,(H,13,14). The predicted octanol–water partition coefficient (Wildman–Crippen LogP) is 2.99. The van der Waals surface area contributed by atoms with E-state index in [-0.39, 0.29) is 5.41 Å². The van der Waals surface area contributed by atoms with Gasteiger partial charge in [0.1, 0.15) is 0 Å². The van der Waals surface area contributed by atoms with Gasteiger partial charge in [0.15, 0.2) is 0 Å². The van der Waals surface area contributed by atoms with Crippen LogP contribution in [0.4, 0.5) is 0 Å². The summed E-state index contributed by atoms with van der Waals surface area (Å²) in [6.07, 6.45) is 0. The molecule has 2 nitrogen and oxygen atoms in total. The van der Waals surface area contributed by atoms with Gasteiger partial charge in [0, 0.05) is 0 Å². The van der Waals surface area contributed by atoms with Crippen molar-refractivity contribution in [3.8, 4) is 0 Å². The first-order chi connectivity index (χ1) is 6.34. The Morgan fingerprint density at radius 2 is 1.86 bits per heavy atom. The lowest BCUT2D eigenvalue weighted by Gasteiger charge is -2.22. The van der Waals surface area contributed by atoms with Crippen molar-refractivity contribution in [3.63, 3.8) is 0 Å². The van der Waals surface area contributed by atoms with Crippen LogP contribution in [0.3, 0.4) is 0 Å². The highest BCUT2D eigenvalue weighted by atomic mass is 16.4. The van der Waals surface area contributed by atoms with Crippen molar-refractivity contribution in [2.45, 2.75) is 33.1 Å². The largest absolute Gasteiger partial charge is 0.478 e. The lowest BCUT2D eigenvalue weighted by molar-refractivity contribution is 0.0693. The van der Waals surface area contributed by atoms with Crippen molar-refractivity contribution in [1.82, 2.24) is 0 Å². The van der Waals surface area contributed by atoms with Gasteiger partial charge in [-0.25, -0.2) is 4.79 Å². The Bertz CT molecular complexity index is 359. The van der Waals surface area contributed by atoms with Crippen LogP contribution in [-0.2, 0) is 5.41 Å². The number of carbonyl (C=O) groups is 1. The Hall–Kier alpha value is -1.31. The molecule has 0 aliphatic carbocycles. The van der Waals surface area contributed by atoms with Gasteiger partial charge in [-0.05, 0) is 23.5 Å². The maximum Gasteiger partial charge on any atom is 0.336 e. The van der Waals surface area contributed by atoms with Gasteiger partial charge < -0.3 is 5.11 Å². The van der Waals surface area contributed by atoms with E-state index in [1.165, 1.54) is 0 Å². The molecule has 0 heterocycles. The fourth-order valence-corrected chi connectivity index (χ4v) is 1.58. The molecule has 1 aromatic carbocycles. The first kappa shape index (κ1) is 10.8. The van der Waals surface area contributed by atoms with Gasteiger partial charge in [-0.1, -0.05) is 39.0 Å². The number of rotatable bonds is 1. The number of aryl methyl sites for hydroxylation is 1. The van der Waals surface area contributed by atoms with Gasteiger partial charge in [0.2, 0.25) is 0 Å². The van der Waals surface area contributed by atoms with Crippen LogP contribution in [0.5, 0.6) is 0 Å². The molecule has 0 atom stereocenters. The number of carboxylic acid groups (broad SMARTS) is 1. The zero-order valence-corrected chi connectivity index (χ0v) is 9.09. The third-order valence-electron chi connectivity index (χ3n) is 2.29. The van der Waals surface area contributed by atoms with Gasteiger partial charge >= 0.3 is 5.97 Å². The zero-order valence-electron chi connectivity index (χ0n) is 9.09. The molecule has 1 rings (SSSR count). The molecule has 0 saturated carbocycles. The molecule has 0 unspecified atom stereocenters. The Kier molecular flexibility index (Phi) is 2.65. The second kappa shape index (κ2) is 3.45. The molecule has 0 fully saturated rings. The average molecular weight is 192 g/mol. The second-order valence-corrected chi connectivity index (χ2v) is 4.55. The quantitative estimate of drug-likeness (QED) is 0.742. The minimum absolute atomic E-state index is 0.125. The average Bonchev–Trinajstić information content (AvgIpc) is 2.01. The minimum atomic E-state index is -0.840. The van der Waals surface area contributed by atoms with Crippen LogP contribution in [0, 0.1) is 6.92 Å². The number of hydrogen-bond donors (Lipinski definition) is 1. The van der Waals surface area contributed by atoms with Crippen LogP contribution >= 0.6 is 0 Å². The van der Waals surface area contributed by atoms with E-state index in [9.17, 15) is 4.79 Å². The summed E-state index contributed by atoms with van der Waals surface area (Å²) in [5, 5.41) is 9.11. The van der Waals surface area contributed by atoms with E-state index in [1.807, 2.05) is 45.9 Å². The van der Waals surface area contributed by atoms with Crippen molar-refractivity contribution < 1.29 is 9.90 Å². The third kappa shape index (κ3) is 1.95. The van der Waals surface area contributed by atoms with Crippen LogP contribution < -0.4 is 0 Å². The predicted molar refractivity (Wildman–Crippen MR) is 56.8 cm³/mol. The SMILES string of the molecule is Cc1cccc(C(C)(C)C)c1C(=O)O. The summed E-state index contributed by atoms with van der Waals surface area (Å²) in [7, 11) is 0. The van der Waals surface area contributed by atoms with Crippen LogP contribution in [0.1, 0.15) is 42.3 Å². The van der Waals surface area contributed by atoms with E-state index in [1.54, 1.807) is 0 Å². The molecule has 0 radical (unpaired) electrons. The number of hydrogen-bond acceptors (Lipinski definition) is 1. The van der Waals surface area contributed by atoms with Gasteiger partial charge in [-0.15, -0.1) is 0 Å². The summed E-state index contributed by atoms with van der Waals surface area (Å²) in [5.74, 6) is -0.840. The molecular weight excluding hydrogens is 176 g/mol. The third-order valence-corrected chi connectivity index (χ3v) is 2.29. The summed E-state index contributed by atoms with van der Waals surface area (Å²) < 4.78 is 0. The Labute approximate surface area is 84.6 Å². The van der Waals surface area contributed by atoms with Crippen LogP contribution in [0.25, 0.3) is 0 Å². The van der Waals surface area contributed by atoms with Crippen molar-refractivity contribution in [3.05, 3.63) is 34.9 Å². The first-order valence-electron chi connectivity index (χ1n) is 4.67. The summed E-state index contributed by atoms with van der Waals surface area (Å²) in [6.45, 7) is 7.90. The minimum Gasteiger partial charge on any atom is -0.478 e. The molecule has 2 heteroatoms. The molecule has 0 aromatic heterocycles. The van der Waals surface area contributed by atoms with Crippen molar-refractivity contribution >= 4 is 5.97 Å². The summed E-state index contributed by atoms with van der Waals surface area (Å²) in [5.41, 5.74) is 2.04. The smallest absolute Gasteiger partial charge is 0.336 e. The zero-order chi connectivity index (χ0) is 10.9. The first-order valence-corrected chi connectivity index (χ1v) is 4.67. The van der Waals surface area contributed by atoms with Gasteiger partial charge in [-0.2, -0.15) is 0 Å². The van der Waals surface area contributed by atoms with Crippen molar-refractivity contribution in [2.75, 3.05) is 0 Å². The number of aromatic carboxylic acids is 1. The van der Waals surface area contributed by atoms with E-state index in [4.69, 9.17) is 5.11 Å². The molecule has 14 heavy (non-hydrogen) atoms. The summed E-state index contributed by atoms with van der Waals surface area (Å²) in [6, 6.07) is 5.62. The molecule has 0 amide bonds. The fourth-order valence-electron chi connectivity index (χ4n) is 1.58. The Morgan fingerprint density at radius 3 is 2.21 bits per heavy atom. The Balaban J connectivity index is 3.44. The lowest BCUT2D eigenvalue weighted by Crippen LogP contribution is -2.17. The van der Waals surface area contributed by atoms with Crippen LogP contribution in [0.15, 0.2) is 18.2 Å². The molecule has 0 saturated heterocycles. The van der Waals surface area contributed by atoms with Gasteiger partial charge in [0.05, 0.1) is 5.56 Å². The molecular formula is C12H16O2. The van der Waals surface area contributed by atoms with E-state index in [2.05, 4.69) is 0 Å². The van der Waals surface area contributed by atoms with E-state index >= 15 is 0 Å². The lowest BCUT2D eigenvalue weighted by atomic mass is 9.82. The highest BCUT2D eigenvalue weighted by molar-refractivity contribution is 5.91. The van der Waals surface area contributed by atoms with E-state index < -0.39 is 5.97 Å². The van der Waals surface area contributed by atoms with Crippen LogP contribution in [0.2, 0.25) is 0 Å². The molecule has 1 aromatic rings. The summed E-state index contributed by atoms with van der Waals surface area (Å²) >= 11 is 0. The highest BCUT2D eigenvalue weighted by Crippen LogP contribution is 2.27. The van der Waals surface area contributed by atoms with E-state index in [0.29, 0.717) is 5.56 Å². The fraction of sp³-hybridized carbons (Fsp3) is 0.417. The normalized spacial score (nSPS) is 11.4. The maximum absolute atomic E-state index is 11.1. The maximum atomic E-state index is 11.1. The second-order valence-electron chi connectivity index (χ2n) is 4.55. The molecule has 0 aliphatic heterocycles. The van der Waals surface area contributed by atoms with Crippen molar-refractivity contribution in [2.24, 2.45) is 0 Å². The number of benzene rings is 1. The molecule has 0 aliphatic rings. The molecule has 0 bridgehead atoms. The number of carboxylic acids is 1. The molecule has 76 valence electrons. The summed E-state index contributed by atoms with van der Waals surface area (Å²) in [4.78, 5) is 11.1. The van der Waals surface area contributed by atoms with Gasteiger partial charge in [-0.3, -0.25) is 0 Å². The van der Waals surface area contributed by atoms with E-state index in [0.717, 1.165) is 11.1 Å². The Morgan fingerprint density at radius 1 is 1.29 bits per heavy atom. The topological polar surface area (TPSA) is 37.3 Å². The molecule has 1 N–H and O–H groups in total. The monoisotopic (exact) mass is 192 g/mol.